The van der Waals surface area contributed by atoms with E-state index in [9.17, 15) is 4.79 Å². The Bertz CT molecular complexity index is 901. The van der Waals surface area contributed by atoms with Gasteiger partial charge < -0.3 is 10.1 Å². The van der Waals surface area contributed by atoms with E-state index in [-0.39, 0.29) is 5.91 Å². The number of fused-ring (bicyclic) bond motifs is 1. The summed E-state index contributed by atoms with van der Waals surface area (Å²) in [5.41, 5.74) is 1.15. The molecule has 5 nitrogen and oxygen atoms in total. The number of carbonyl (C=O) groups excluding carboxylic acids is 1. The van der Waals surface area contributed by atoms with Crippen molar-refractivity contribution in [2.75, 3.05) is 12.4 Å². The van der Waals surface area contributed by atoms with Gasteiger partial charge in [0.1, 0.15) is 5.75 Å². The number of anilines is 1. The van der Waals surface area contributed by atoms with Gasteiger partial charge in [-0.05, 0) is 18.2 Å². The molecule has 0 aliphatic rings. The maximum absolute atomic E-state index is 12.0. The lowest BCUT2D eigenvalue weighted by Crippen LogP contribution is -2.08. The number of benzene rings is 1. The summed E-state index contributed by atoms with van der Waals surface area (Å²) in [5.74, 6) is 0.299. The molecular formula is C15H11Cl2N3O2S. The molecule has 23 heavy (non-hydrogen) atoms. The summed E-state index contributed by atoms with van der Waals surface area (Å²) in [5, 5.41) is 5.35. The monoisotopic (exact) mass is 367 g/mol. The first-order valence-electron chi connectivity index (χ1n) is 6.52. The van der Waals surface area contributed by atoms with Gasteiger partial charge in [-0.25, -0.2) is 4.98 Å². The van der Waals surface area contributed by atoms with Crippen molar-refractivity contribution in [3.63, 3.8) is 0 Å². The normalized spacial score (nSPS) is 11.3. The number of carbonyl (C=O) groups is 1. The van der Waals surface area contributed by atoms with E-state index >= 15 is 0 Å². The zero-order valence-electron chi connectivity index (χ0n) is 11.9. The molecule has 3 aromatic rings. The van der Waals surface area contributed by atoms with Crippen LogP contribution >= 0.6 is 34.5 Å². The van der Waals surface area contributed by atoms with Crippen LogP contribution in [0.2, 0.25) is 10.2 Å². The van der Waals surface area contributed by atoms with Crippen molar-refractivity contribution < 1.29 is 9.53 Å². The van der Waals surface area contributed by atoms with Gasteiger partial charge in [0.2, 0.25) is 5.91 Å². The molecule has 2 aromatic heterocycles. The van der Waals surface area contributed by atoms with E-state index in [4.69, 9.17) is 27.9 Å². The number of ether oxygens (including phenoxy) is 1. The molecule has 0 saturated heterocycles. The van der Waals surface area contributed by atoms with Crippen molar-refractivity contribution in [3.8, 4) is 5.75 Å². The van der Waals surface area contributed by atoms with Crippen molar-refractivity contribution in [1.29, 1.82) is 0 Å². The van der Waals surface area contributed by atoms with Crippen LogP contribution in [0.25, 0.3) is 11.0 Å². The largest absolute Gasteiger partial charge is 0.497 e. The van der Waals surface area contributed by atoms with Crippen molar-refractivity contribution >= 4 is 57.2 Å². The summed E-state index contributed by atoms with van der Waals surface area (Å²) in [4.78, 5) is 17.0. The summed E-state index contributed by atoms with van der Waals surface area (Å²) < 4.78 is 6.88. The Morgan fingerprint density at radius 1 is 1.43 bits per heavy atom. The number of halogens is 2. The molecule has 0 spiro atoms. The van der Waals surface area contributed by atoms with Gasteiger partial charge in [0.05, 0.1) is 23.5 Å². The third kappa shape index (κ3) is 3.34. The van der Waals surface area contributed by atoms with Crippen molar-refractivity contribution in [2.45, 2.75) is 0 Å². The van der Waals surface area contributed by atoms with Crippen LogP contribution in [-0.4, -0.2) is 22.4 Å². The van der Waals surface area contributed by atoms with Crippen LogP contribution in [0.1, 0.15) is 5.69 Å². The van der Waals surface area contributed by atoms with Crippen molar-refractivity contribution in [1.82, 2.24) is 9.38 Å². The van der Waals surface area contributed by atoms with Gasteiger partial charge in [-0.2, -0.15) is 0 Å². The number of nitrogens with zero attached hydrogens (tertiary/aromatic N) is 2. The summed E-state index contributed by atoms with van der Waals surface area (Å²) in [7, 11) is 1.55. The number of thiazole rings is 1. The molecule has 0 fully saturated rings. The second-order valence-corrected chi connectivity index (χ2v) is 6.15. The number of hydrogen-bond donors (Lipinski definition) is 1. The summed E-state index contributed by atoms with van der Waals surface area (Å²) in [6, 6.07) is 5.02. The van der Waals surface area contributed by atoms with Crippen LogP contribution < -0.4 is 10.1 Å². The molecule has 2 heterocycles. The van der Waals surface area contributed by atoms with E-state index in [1.54, 1.807) is 31.4 Å². The van der Waals surface area contributed by atoms with Gasteiger partial charge in [0.25, 0.3) is 0 Å². The highest BCUT2D eigenvalue weighted by Crippen LogP contribution is 2.27. The standard InChI is InChI=1S/C15H11Cl2N3O2S/c1-22-9-2-3-11(10(16)8-9)18-13(21)5-4-12-14(17)19-15-20(12)6-7-23-15/h2-8H,1H3,(H,18,21). The first-order chi connectivity index (χ1) is 11.1. The maximum Gasteiger partial charge on any atom is 0.248 e. The Morgan fingerprint density at radius 2 is 2.26 bits per heavy atom. The molecule has 0 atom stereocenters. The number of imidazole rings is 1. The fourth-order valence-corrected chi connectivity index (χ4v) is 3.20. The minimum absolute atomic E-state index is 0.321. The van der Waals surface area contributed by atoms with Crippen LogP contribution in [0, 0.1) is 0 Å². The zero-order valence-corrected chi connectivity index (χ0v) is 14.2. The zero-order chi connectivity index (χ0) is 16.4. The minimum atomic E-state index is -0.321. The number of amides is 1. The predicted octanol–water partition coefficient (Wildman–Crippen LogP) is 4.36. The second kappa shape index (κ2) is 6.62. The summed E-state index contributed by atoms with van der Waals surface area (Å²) in [6.45, 7) is 0. The fourth-order valence-electron chi connectivity index (χ4n) is 1.98. The lowest BCUT2D eigenvalue weighted by Gasteiger charge is -2.06. The smallest absolute Gasteiger partial charge is 0.248 e. The highest BCUT2D eigenvalue weighted by molar-refractivity contribution is 7.15. The number of aromatic nitrogens is 2. The molecule has 1 amide bonds. The molecular weight excluding hydrogens is 357 g/mol. The number of hydrogen-bond acceptors (Lipinski definition) is 4. The van der Waals surface area contributed by atoms with Crippen LogP contribution in [0.4, 0.5) is 5.69 Å². The molecule has 8 heteroatoms. The minimum Gasteiger partial charge on any atom is -0.497 e. The quantitative estimate of drug-likeness (QED) is 0.696. The van der Waals surface area contributed by atoms with Gasteiger partial charge in [0, 0.05) is 23.7 Å². The Hall–Kier alpha value is -2.02. The Labute approximate surface area is 146 Å². The number of rotatable bonds is 4. The lowest BCUT2D eigenvalue weighted by atomic mass is 10.3. The first-order valence-corrected chi connectivity index (χ1v) is 8.15. The number of nitrogens with one attached hydrogen (secondary N) is 1. The van der Waals surface area contributed by atoms with E-state index < -0.39 is 0 Å². The third-order valence-electron chi connectivity index (χ3n) is 3.08. The topological polar surface area (TPSA) is 55.6 Å². The van der Waals surface area contributed by atoms with Crippen LogP contribution in [-0.2, 0) is 4.79 Å². The van der Waals surface area contributed by atoms with E-state index in [0.29, 0.717) is 27.3 Å². The van der Waals surface area contributed by atoms with Crippen LogP contribution in [0.5, 0.6) is 5.75 Å². The lowest BCUT2D eigenvalue weighted by molar-refractivity contribution is -0.111. The average Bonchev–Trinajstić information content (AvgIpc) is 3.08. The van der Waals surface area contributed by atoms with Crippen molar-refractivity contribution in [3.05, 3.63) is 51.7 Å². The molecule has 3 rings (SSSR count). The average molecular weight is 368 g/mol. The molecule has 0 saturated carbocycles. The van der Waals surface area contributed by atoms with Gasteiger partial charge in [-0.3, -0.25) is 9.20 Å². The molecule has 1 aromatic carbocycles. The molecule has 0 aliphatic heterocycles. The van der Waals surface area contributed by atoms with E-state index in [2.05, 4.69) is 10.3 Å². The molecule has 0 radical (unpaired) electrons. The van der Waals surface area contributed by atoms with Crippen LogP contribution in [0.3, 0.4) is 0 Å². The van der Waals surface area contributed by atoms with Crippen LogP contribution in [0.15, 0.2) is 35.9 Å². The van der Waals surface area contributed by atoms with E-state index in [1.807, 2.05) is 16.0 Å². The SMILES string of the molecule is COc1ccc(NC(=O)C=Cc2c(Cl)nc3sccn23)c(Cl)c1. The molecule has 0 bridgehead atoms. The highest BCUT2D eigenvalue weighted by atomic mass is 35.5. The molecule has 0 unspecified atom stereocenters. The Kier molecular flexibility index (Phi) is 4.56. The summed E-state index contributed by atoms with van der Waals surface area (Å²) in [6.07, 6.45) is 4.84. The first kappa shape index (κ1) is 15.9. The Balaban J connectivity index is 1.77. The second-order valence-electron chi connectivity index (χ2n) is 4.51. The van der Waals surface area contributed by atoms with Gasteiger partial charge in [0.15, 0.2) is 10.1 Å². The fraction of sp³-hybridized carbons (Fsp3) is 0.0667. The number of methoxy groups -OCH3 is 1. The van der Waals surface area contributed by atoms with Gasteiger partial charge >= 0.3 is 0 Å². The van der Waals surface area contributed by atoms with E-state index in [0.717, 1.165) is 4.96 Å². The molecule has 1 N–H and O–H groups in total. The molecule has 118 valence electrons. The van der Waals surface area contributed by atoms with E-state index in [1.165, 1.54) is 17.4 Å². The van der Waals surface area contributed by atoms with Crippen molar-refractivity contribution in [2.24, 2.45) is 0 Å². The predicted molar refractivity (Wildman–Crippen MR) is 93.7 cm³/mol. The third-order valence-corrected chi connectivity index (χ3v) is 4.43. The Morgan fingerprint density at radius 3 is 3.00 bits per heavy atom. The highest BCUT2D eigenvalue weighted by Gasteiger charge is 2.09. The van der Waals surface area contributed by atoms with Gasteiger partial charge in [-0.1, -0.05) is 23.2 Å². The maximum atomic E-state index is 12.0. The summed E-state index contributed by atoms with van der Waals surface area (Å²) >= 11 is 13.6. The molecule has 0 aliphatic carbocycles. The van der Waals surface area contributed by atoms with Gasteiger partial charge in [-0.15, -0.1) is 11.3 Å².